The third kappa shape index (κ3) is 3.91. The minimum absolute atomic E-state index is 0.343. The number of halogens is 3. The predicted octanol–water partition coefficient (Wildman–Crippen LogP) is 5.03. The first-order valence-corrected chi connectivity index (χ1v) is 9.90. The average Bonchev–Trinajstić information content (AvgIpc) is 3.41. The zero-order valence-electron chi connectivity index (χ0n) is 14.8. The average molecular weight is 435 g/mol. The Balaban J connectivity index is 1.64. The lowest BCUT2D eigenvalue weighted by molar-refractivity contribution is -0.141. The van der Waals surface area contributed by atoms with E-state index in [2.05, 4.69) is 20.0 Å². The Labute approximate surface area is 170 Å². The first-order chi connectivity index (χ1) is 13.8. The first kappa shape index (κ1) is 19.3. The molecule has 3 heterocycles. The summed E-state index contributed by atoms with van der Waals surface area (Å²) in [7, 11) is 0. The van der Waals surface area contributed by atoms with E-state index in [1.807, 2.05) is 0 Å². The molecule has 1 aromatic carbocycles. The number of carbonyl (C=O) groups excluding carboxylic acids is 1. The highest BCUT2D eigenvalue weighted by Gasteiger charge is 2.35. The second kappa shape index (κ2) is 7.41. The number of nitrogens with zero attached hydrogens (tertiary/aromatic N) is 4. The molecule has 0 atom stereocenters. The van der Waals surface area contributed by atoms with E-state index in [0.717, 1.165) is 17.6 Å². The Morgan fingerprint density at radius 3 is 2.52 bits per heavy atom. The zero-order valence-corrected chi connectivity index (χ0v) is 16.4. The number of hydrogen-bond donors (Lipinski definition) is 1. The van der Waals surface area contributed by atoms with Crippen molar-refractivity contribution in [1.29, 1.82) is 0 Å². The SMILES string of the molecule is Cc1nnsc1C(=O)Nc1ccc(-n2nc(C(F)(F)F)cc2-c2cccs2)cc1. The minimum Gasteiger partial charge on any atom is -0.321 e. The number of rotatable bonds is 4. The molecular formula is C18H12F3N5OS2. The van der Waals surface area contributed by atoms with Gasteiger partial charge in [-0.15, -0.1) is 16.4 Å². The normalized spacial score (nSPS) is 11.6. The maximum Gasteiger partial charge on any atom is 0.435 e. The quantitative estimate of drug-likeness (QED) is 0.488. The van der Waals surface area contributed by atoms with E-state index in [1.54, 1.807) is 48.7 Å². The molecule has 0 aliphatic heterocycles. The van der Waals surface area contributed by atoms with Gasteiger partial charge < -0.3 is 5.32 Å². The second-order valence-corrected chi connectivity index (χ2v) is 7.69. The van der Waals surface area contributed by atoms with Gasteiger partial charge in [-0.2, -0.15) is 18.3 Å². The molecule has 1 N–H and O–H groups in total. The first-order valence-electron chi connectivity index (χ1n) is 8.25. The van der Waals surface area contributed by atoms with Crippen molar-refractivity contribution in [2.24, 2.45) is 0 Å². The van der Waals surface area contributed by atoms with Gasteiger partial charge in [-0.1, -0.05) is 10.6 Å². The fourth-order valence-electron chi connectivity index (χ4n) is 2.63. The molecule has 29 heavy (non-hydrogen) atoms. The molecule has 0 unspecified atom stereocenters. The van der Waals surface area contributed by atoms with Crippen LogP contribution in [0.4, 0.5) is 18.9 Å². The summed E-state index contributed by atoms with van der Waals surface area (Å²) in [6, 6.07) is 10.9. The molecule has 0 aliphatic rings. The summed E-state index contributed by atoms with van der Waals surface area (Å²) < 4.78 is 44.5. The molecule has 0 bridgehead atoms. The Kier molecular flexibility index (Phi) is 4.92. The Morgan fingerprint density at radius 2 is 1.93 bits per heavy atom. The Bertz CT molecular complexity index is 1150. The van der Waals surface area contributed by atoms with Crippen LogP contribution in [-0.2, 0) is 6.18 Å². The number of hydrogen-bond acceptors (Lipinski definition) is 6. The molecule has 3 aromatic heterocycles. The van der Waals surface area contributed by atoms with Crippen molar-refractivity contribution in [3.05, 3.63) is 64.1 Å². The number of anilines is 1. The lowest BCUT2D eigenvalue weighted by atomic mass is 10.2. The second-order valence-electron chi connectivity index (χ2n) is 5.99. The Hall–Kier alpha value is -3.05. The van der Waals surface area contributed by atoms with Crippen LogP contribution in [0.15, 0.2) is 47.8 Å². The van der Waals surface area contributed by atoms with E-state index in [0.29, 0.717) is 32.5 Å². The fourth-order valence-corrected chi connectivity index (χ4v) is 3.91. The minimum atomic E-state index is -4.55. The molecule has 4 rings (SSSR count). The fraction of sp³-hybridized carbons (Fsp3) is 0.111. The van der Waals surface area contributed by atoms with Crippen LogP contribution in [-0.4, -0.2) is 25.3 Å². The van der Waals surface area contributed by atoms with Crippen LogP contribution in [0, 0.1) is 6.92 Å². The summed E-state index contributed by atoms with van der Waals surface area (Å²) in [5.41, 5.74) is 0.841. The summed E-state index contributed by atoms with van der Waals surface area (Å²) in [4.78, 5) is 13.3. The number of nitrogens with one attached hydrogen (secondary N) is 1. The number of benzene rings is 1. The van der Waals surface area contributed by atoms with Crippen LogP contribution in [0.3, 0.4) is 0 Å². The molecular weight excluding hydrogens is 423 g/mol. The lowest BCUT2D eigenvalue weighted by Crippen LogP contribution is -2.11. The molecule has 1 amide bonds. The lowest BCUT2D eigenvalue weighted by Gasteiger charge is -2.08. The number of amides is 1. The topological polar surface area (TPSA) is 72.7 Å². The van der Waals surface area contributed by atoms with E-state index in [-0.39, 0.29) is 5.91 Å². The van der Waals surface area contributed by atoms with Crippen molar-refractivity contribution in [3.8, 4) is 16.3 Å². The maximum absolute atomic E-state index is 13.2. The van der Waals surface area contributed by atoms with Gasteiger partial charge >= 0.3 is 6.18 Å². The summed E-state index contributed by atoms with van der Waals surface area (Å²) in [6.45, 7) is 1.68. The molecule has 11 heteroatoms. The van der Waals surface area contributed by atoms with Crippen LogP contribution in [0.2, 0.25) is 0 Å². The van der Waals surface area contributed by atoms with E-state index in [4.69, 9.17) is 0 Å². The van der Waals surface area contributed by atoms with Gasteiger partial charge in [0.25, 0.3) is 5.91 Å². The molecule has 0 radical (unpaired) electrons. The summed E-state index contributed by atoms with van der Waals surface area (Å²) in [5.74, 6) is -0.344. The third-order valence-corrected chi connectivity index (χ3v) is 5.72. The zero-order chi connectivity index (χ0) is 20.6. The molecule has 0 fully saturated rings. The number of aromatic nitrogens is 4. The van der Waals surface area contributed by atoms with Gasteiger partial charge in [-0.3, -0.25) is 4.79 Å². The standard InChI is InChI=1S/C18H12F3N5OS2/c1-10-16(29-25-23-10)17(27)22-11-4-6-12(7-5-11)26-13(14-3-2-8-28-14)9-15(24-26)18(19,20)21/h2-9H,1H3,(H,22,27). The maximum atomic E-state index is 13.2. The third-order valence-electron chi connectivity index (χ3n) is 4.00. The van der Waals surface area contributed by atoms with Crippen LogP contribution in [0.1, 0.15) is 21.1 Å². The van der Waals surface area contributed by atoms with Crippen molar-refractivity contribution in [2.75, 3.05) is 5.32 Å². The van der Waals surface area contributed by atoms with Crippen LogP contribution in [0.5, 0.6) is 0 Å². The highest BCUT2D eigenvalue weighted by molar-refractivity contribution is 7.13. The largest absolute Gasteiger partial charge is 0.435 e. The van der Waals surface area contributed by atoms with Crippen molar-refractivity contribution >= 4 is 34.5 Å². The molecule has 148 valence electrons. The number of aryl methyl sites for hydroxylation is 1. The van der Waals surface area contributed by atoms with E-state index in [9.17, 15) is 18.0 Å². The van der Waals surface area contributed by atoms with Gasteiger partial charge in [-0.05, 0) is 60.2 Å². The monoisotopic (exact) mass is 435 g/mol. The molecule has 0 aliphatic carbocycles. The van der Waals surface area contributed by atoms with Gasteiger partial charge in [0, 0.05) is 5.69 Å². The predicted molar refractivity (Wildman–Crippen MR) is 104 cm³/mol. The summed E-state index contributed by atoms with van der Waals surface area (Å²) in [5, 5.41) is 12.0. The van der Waals surface area contributed by atoms with Crippen LogP contribution >= 0.6 is 22.9 Å². The van der Waals surface area contributed by atoms with E-state index < -0.39 is 11.9 Å². The molecule has 4 aromatic rings. The van der Waals surface area contributed by atoms with Gasteiger partial charge in [-0.25, -0.2) is 4.68 Å². The van der Waals surface area contributed by atoms with E-state index >= 15 is 0 Å². The van der Waals surface area contributed by atoms with Gasteiger partial charge in [0.15, 0.2) is 5.69 Å². The summed E-state index contributed by atoms with van der Waals surface area (Å²) in [6.07, 6.45) is -4.55. The number of thiophene rings is 1. The van der Waals surface area contributed by atoms with Crippen molar-refractivity contribution in [2.45, 2.75) is 13.1 Å². The van der Waals surface area contributed by atoms with Crippen molar-refractivity contribution in [1.82, 2.24) is 19.4 Å². The van der Waals surface area contributed by atoms with Crippen LogP contribution < -0.4 is 5.32 Å². The van der Waals surface area contributed by atoms with Gasteiger partial charge in [0.05, 0.1) is 22.0 Å². The highest BCUT2D eigenvalue weighted by atomic mass is 32.1. The smallest absolute Gasteiger partial charge is 0.321 e. The number of alkyl halides is 3. The van der Waals surface area contributed by atoms with Crippen LogP contribution in [0.25, 0.3) is 16.3 Å². The van der Waals surface area contributed by atoms with Gasteiger partial charge in [0.2, 0.25) is 0 Å². The highest BCUT2D eigenvalue weighted by Crippen LogP contribution is 2.34. The number of carbonyl (C=O) groups is 1. The molecule has 0 spiro atoms. The molecule has 0 saturated heterocycles. The van der Waals surface area contributed by atoms with Crippen molar-refractivity contribution in [3.63, 3.8) is 0 Å². The van der Waals surface area contributed by atoms with Gasteiger partial charge in [0.1, 0.15) is 4.88 Å². The summed E-state index contributed by atoms with van der Waals surface area (Å²) >= 11 is 2.31. The molecule has 6 nitrogen and oxygen atoms in total. The van der Waals surface area contributed by atoms with E-state index in [1.165, 1.54) is 16.0 Å². The molecule has 0 saturated carbocycles. The van der Waals surface area contributed by atoms with Crippen molar-refractivity contribution < 1.29 is 18.0 Å². The Morgan fingerprint density at radius 1 is 1.17 bits per heavy atom.